The van der Waals surface area contributed by atoms with Gasteiger partial charge >= 0.3 is 0 Å². The van der Waals surface area contributed by atoms with Crippen molar-refractivity contribution in [2.24, 2.45) is 0 Å². The smallest absolute Gasteiger partial charge is 0.214 e. The van der Waals surface area contributed by atoms with E-state index in [1.165, 1.54) is 23.4 Å². The normalized spacial score (nSPS) is 14.1. The molecule has 1 aromatic carbocycles. The highest BCUT2D eigenvalue weighted by Gasteiger charge is 2.41. The van der Waals surface area contributed by atoms with Crippen LogP contribution in [0.4, 0.5) is 8.78 Å². The molecule has 0 fully saturated rings. The average molecular weight is 423 g/mol. The van der Waals surface area contributed by atoms with Gasteiger partial charge in [0.05, 0.1) is 12.2 Å². The Morgan fingerprint density at radius 2 is 1.97 bits per heavy atom. The lowest BCUT2D eigenvalue weighted by molar-refractivity contribution is -0.0773. The summed E-state index contributed by atoms with van der Waals surface area (Å²) < 4.78 is 35.4. The number of hydrogen-bond acceptors (Lipinski definition) is 6. The SMILES string of the molecule is C[C@@H](Oc1cc(-c2ccccn2)ccn1)[C@](O)(Cn1cncn1)c1ccc(F)cc1F. The quantitative estimate of drug-likeness (QED) is 0.491. The molecule has 3 heterocycles. The Balaban J connectivity index is 1.67. The molecule has 0 spiro atoms. The molecule has 0 aliphatic carbocycles. The maximum absolute atomic E-state index is 14.6. The van der Waals surface area contributed by atoms with E-state index in [0.29, 0.717) is 6.07 Å². The van der Waals surface area contributed by atoms with Gasteiger partial charge in [-0.15, -0.1) is 0 Å². The lowest BCUT2D eigenvalue weighted by Gasteiger charge is -2.34. The van der Waals surface area contributed by atoms with Crippen LogP contribution in [0.5, 0.6) is 5.88 Å². The molecule has 0 radical (unpaired) electrons. The molecule has 9 heteroatoms. The number of halogens is 2. The Kier molecular flexibility index (Phi) is 5.68. The maximum atomic E-state index is 14.6. The molecule has 0 amide bonds. The van der Waals surface area contributed by atoms with Gasteiger partial charge in [-0.3, -0.25) is 4.98 Å². The second-order valence-electron chi connectivity index (χ2n) is 7.00. The molecular formula is C22H19F2N5O2. The Hall–Kier alpha value is -3.72. The van der Waals surface area contributed by atoms with Crippen LogP contribution in [-0.2, 0) is 12.1 Å². The zero-order chi connectivity index (χ0) is 21.8. The molecule has 4 rings (SSSR count). The minimum atomic E-state index is -1.89. The molecule has 31 heavy (non-hydrogen) atoms. The van der Waals surface area contributed by atoms with Gasteiger partial charge < -0.3 is 9.84 Å². The number of pyridine rings is 2. The van der Waals surface area contributed by atoms with Crippen LogP contribution in [0.25, 0.3) is 11.3 Å². The summed E-state index contributed by atoms with van der Waals surface area (Å²) in [6, 6.07) is 12.0. The van der Waals surface area contributed by atoms with Gasteiger partial charge in [-0.25, -0.2) is 23.4 Å². The van der Waals surface area contributed by atoms with E-state index < -0.39 is 23.3 Å². The largest absolute Gasteiger partial charge is 0.471 e. The van der Waals surface area contributed by atoms with E-state index in [-0.39, 0.29) is 18.0 Å². The topological polar surface area (TPSA) is 86.0 Å². The van der Waals surface area contributed by atoms with E-state index >= 15 is 0 Å². The van der Waals surface area contributed by atoms with Crippen molar-refractivity contribution in [1.82, 2.24) is 24.7 Å². The van der Waals surface area contributed by atoms with E-state index in [9.17, 15) is 13.9 Å². The summed E-state index contributed by atoms with van der Waals surface area (Å²) in [5, 5.41) is 15.5. The van der Waals surface area contributed by atoms with Crippen LogP contribution in [-0.4, -0.2) is 35.9 Å². The second kappa shape index (κ2) is 8.57. The van der Waals surface area contributed by atoms with Crippen molar-refractivity contribution in [3.63, 3.8) is 0 Å². The molecular weight excluding hydrogens is 404 g/mol. The predicted molar refractivity (Wildman–Crippen MR) is 108 cm³/mol. The molecule has 7 nitrogen and oxygen atoms in total. The third-order valence-electron chi connectivity index (χ3n) is 4.93. The van der Waals surface area contributed by atoms with E-state index in [0.717, 1.165) is 17.3 Å². The fourth-order valence-corrected chi connectivity index (χ4v) is 3.28. The summed E-state index contributed by atoms with van der Waals surface area (Å²) in [4.78, 5) is 12.3. The van der Waals surface area contributed by atoms with Crippen molar-refractivity contribution in [2.45, 2.75) is 25.2 Å². The first-order valence-corrected chi connectivity index (χ1v) is 9.50. The zero-order valence-corrected chi connectivity index (χ0v) is 16.6. The molecule has 4 aromatic rings. The van der Waals surface area contributed by atoms with Crippen molar-refractivity contribution in [2.75, 3.05) is 0 Å². The van der Waals surface area contributed by atoms with Crippen LogP contribution in [0.15, 0.2) is 73.6 Å². The summed E-state index contributed by atoms with van der Waals surface area (Å²) in [6.07, 6.45) is 4.93. The van der Waals surface area contributed by atoms with Crippen LogP contribution >= 0.6 is 0 Å². The van der Waals surface area contributed by atoms with Gasteiger partial charge in [0.1, 0.15) is 36.0 Å². The Morgan fingerprint density at radius 1 is 1.10 bits per heavy atom. The molecule has 2 atom stereocenters. The number of hydrogen-bond donors (Lipinski definition) is 1. The monoisotopic (exact) mass is 423 g/mol. The van der Waals surface area contributed by atoms with E-state index in [1.807, 2.05) is 18.2 Å². The third-order valence-corrected chi connectivity index (χ3v) is 4.93. The highest BCUT2D eigenvalue weighted by molar-refractivity contribution is 5.59. The van der Waals surface area contributed by atoms with Crippen molar-refractivity contribution >= 4 is 0 Å². The summed E-state index contributed by atoms with van der Waals surface area (Å²) in [6.45, 7) is 1.41. The molecule has 0 saturated carbocycles. The van der Waals surface area contributed by atoms with Gasteiger partial charge in [-0.2, -0.15) is 5.10 Å². The summed E-state index contributed by atoms with van der Waals surface area (Å²) >= 11 is 0. The van der Waals surface area contributed by atoms with Crippen LogP contribution in [0.3, 0.4) is 0 Å². The van der Waals surface area contributed by atoms with Gasteiger partial charge in [0.2, 0.25) is 5.88 Å². The molecule has 0 aliphatic rings. The molecule has 1 N–H and O–H groups in total. The van der Waals surface area contributed by atoms with Crippen molar-refractivity contribution in [1.29, 1.82) is 0 Å². The van der Waals surface area contributed by atoms with Gasteiger partial charge in [0, 0.05) is 35.7 Å². The Morgan fingerprint density at radius 3 is 2.68 bits per heavy atom. The number of aromatic nitrogens is 5. The van der Waals surface area contributed by atoms with Crippen LogP contribution in [0.2, 0.25) is 0 Å². The van der Waals surface area contributed by atoms with E-state index in [4.69, 9.17) is 4.74 Å². The van der Waals surface area contributed by atoms with Crippen molar-refractivity contribution in [3.8, 4) is 17.1 Å². The lowest BCUT2D eigenvalue weighted by atomic mass is 9.88. The predicted octanol–water partition coefficient (Wildman–Crippen LogP) is 3.37. The zero-order valence-electron chi connectivity index (χ0n) is 16.6. The number of aliphatic hydroxyl groups is 1. The first-order valence-electron chi connectivity index (χ1n) is 9.50. The minimum absolute atomic E-state index is 0.127. The second-order valence-corrected chi connectivity index (χ2v) is 7.00. The summed E-state index contributed by atoms with van der Waals surface area (Å²) in [5.74, 6) is -1.42. The highest BCUT2D eigenvalue weighted by Crippen LogP contribution is 2.32. The molecule has 0 saturated heterocycles. The number of nitrogens with zero attached hydrogens (tertiary/aromatic N) is 5. The van der Waals surface area contributed by atoms with Crippen LogP contribution in [0.1, 0.15) is 12.5 Å². The molecule has 158 valence electrons. The average Bonchev–Trinajstić information content (AvgIpc) is 3.27. The molecule has 0 aliphatic heterocycles. The molecule has 0 unspecified atom stereocenters. The lowest BCUT2D eigenvalue weighted by Crippen LogP contribution is -2.45. The van der Waals surface area contributed by atoms with Crippen LogP contribution < -0.4 is 4.74 Å². The van der Waals surface area contributed by atoms with Gasteiger partial charge in [-0.1, -0.05) is 12.1 Å². The number of rotatable bonds is 7. The van der Waals surface area contributed by atoms with Gasteiger partial charge in [-0.05, 0) is 31.2 Å². The first-order chi connectivity index (χ1) is 15.0. The third kappa shape index (κ3) is 4.41. The number of benzene rings is 1. The molecule has 3 aromatic heterocycles. The van der Waals surface area contributed by atoms with Crippen molar-refractivity contribution in [3.05, 3.63) is 90.8 Å². The fourth-order valence-electron chi connectivity index (χ4n) is 3.28. The number of ether oxygens (including phenoxy) is 1. The van der Waals surface area contributed by atoms with Gasteiger partial charge in [0.15, 0.2) is 0 Å². The van der Waals surface area contributed by atoms with E-state index in [1.54, 1.807) is 31.5 Å². The van der Waals surface area contributed by atoms with E-state index in [2.05, 4.69) is 20.1 Å². The highest BCUT2D eigenvalue weighted by atomic mass is 19.1. The minimum Gasteiger partial charge on any atom is -0.471 e. The van der Waals surface area contributed by atoms with Crippen molar-refractivity contribution < 1.29 is 18.6 Å². The standard InChI is InChI=1S/C22H19F2N5O2/c1-15(31-21-10-16(7-9-27-21)20-4-2-3-8-26-20)22(30,12-29-14-25-13-28-29)18-6-5-17(23)11-19(18)24/h2-11,13-15,30H,12H2,1H3/t15-,22-/m1/s1. The van der Waals surface area contributed by atoms with Gasteiger partial charge in [0.25, 0.3) is 0 Å². The summed E-state index contributed by atoms with van der Waals surface area (Å²) in [5.41, 5.74) is -0.526. The first kappa shape index (κ1) is 20.5. The Bertz CT molecular complexity index is 1160. The summed E-state index contributed by atoms with van der Waals surface area (Å²) in [7, 11) is 0. The fraction of sp³-hybridized carbons (Fsp3) is 0.182. The Labute approximate surface area is 177 Å². The molecule has 0 bridgehead atoms. The van der Waals surface area contributed by atoms with Crippen LogP contribution in [0, 0.1) is 11.6 Å². The maximum Gasteiger partial charge on any atom is 0.214 e.